The molecule has 0 fully saturated rings. The Morgan fingerprint density at radius 2 is 2.08 bits per heavy atom. The normalized spacial score (nSPS) is 21.4. The molecule has 1 aliphatic heterocycles. The van der Waals surface area contributed by atoms with Crippen LogP contribution < -0.4 is 15.2 Å². The van der Waals surface area contributed by atoms with Gasteiger partial charge in [0.2, 0.25) is 5.88 Å². The fourth-order valence-electron chi connectivity index (χ4n) is 3.63. The summed E-state index contributed by atoms with van der Waals surface area (Å²) in [5.41, 5.74) is 9.92. The molecule has 130 valence electrons. The second-order valence-electron chi connectivity index (χ2n) is 6.36. The Balaban J connectivity index is 1.81. The fourth-order valence-corrected chi connectivity index (χ4v) is 3.63. The molecule has 2 heterocycles. The molecular formula is C18H20N4O3. The molecule has 0 saturated heterocycles. The summed E-state index contributed by atoms with van der Waals surface area (Å²) in [4.78, 5) is 13.1. The molecule has 0 saturated carbocycles. The summed E-state index contributed by atoms with van der Waals surface area (Å²) in [5.74, 6) is 0.491. The van der Waals surface area contributed by atoms with Crippen molar-refractivity contribution in [3.05, 3.63) is 35.5 Å². The molecule has 2 aromatic rings. The number of hydrogen-bond acceptors (Lipinski definition) is 7. The van der Waals surface area contributed by atoms with Gasteiger partial charge in [0.1, 0.15) is 12.1 Å². The summed E-state index contributed by atoms with van der Waals surface area (Å²) < 4.78 is 16.0. The fraction of sp³-hybridized carbons (Fsp3) is 0.389. The lowest BCUT2D eigenvalue weighted by molar-refractivity contribution is 0.235. The van der Waals surface area contributed by atoms with E-state index in [4.69, 9.17) is 19.9 Å². The highest BCUT2D eigenvalue weighted by atomic mass is 16.5. The largest absolute Gasteiger partial charge is 0.480 e. The third kappa shape index (κ3) is 2.65. The Kier molecular flexibility index (Phi) is 3.71. The number of nitrogens with two attached hydrogens (primary N) is 1. The standard InChI is InChI=1S/C18H20N4O3/c1-23-15-14(9-20-17(21-15)24-2)12-5-3-4-11-6-7-18(8-13(11)12)10-25-16(19)22-18/h3-5,9H,6-8,10H2,1-2H3,(H2,19,22). The van der Waals surface area contributed by atoms with Gasteiger partial charge in [-0.1, -0.05) is 18.2 Å². The molecule has 7 heteroatoms. The molecule has 25 heavy (non-hydrogen) atoms. The van der Waals surface area contributed by atoms with Crippen molar-refractivity contribution in [3.63, 3.8) is 0 Å². The van der Waals surface area contributed by atoms with Crippen molar-refractivity contribution in [2.45, 2.75) is 24.8 Å². The van der Waals surface area contributed by atoms with E-state index in [0.717, 1.165) is 30.4 Å². The number of benzene rings is 1. The molecule has 0 bridgehead atoms. The molecule has 1 spiro atoms. The van der Waals surface area contributed by atoms with E-state index in [2.05, 4.69) is 33.2 Å². The van der Waals surface area contributed by atoms with Gasteiger partial charge in [-0.3, -0.25) is 0 Å². The summed E-state index contributed by atoms with van der Waals surface area (Å²) in [6.45, 7) is 0.531. The number of aliphatic imine (C=N–C) groups is 1. The van der Waals surface area contributed by atoms with E-state index >= 15 is 0 Å². The molecule has 7 nitrogen and oxygen atoms in total. The second-order valence-corrected chi connectivity index (χ2v) is 6.36. The maximum Gasteiger partial charge on any atom is 0.319 e. The zero-order valence-corrected chi connectivity index (χ0v) is 14.3. The summed E-state index contributed by atoms with van der Waals surface area (Å²) in [7, 11) is 3.13. The maximum atomic E-state index is 5.76. The van der Waals surface area contributed by atoms with Crippen LogP contribution in [0.5, 0.6) is 11.9 Å². The SMILES string of the molecule is COc1ncc(-c2cccc3c2CC2(CC3)COC(N)=N2)c(OC)n1. The molecule has 1 aromatic carbocycles. The van der Waals surface area contributed by atoms with Crippen molar-refractivity contribution in [2.75, 3.05) is 20.8 Å². The van der Waals surface area contributed by atoms with Crippen LogP contribution in [-0.4, -0.2) is 42.4 Å². The number of fused-ring (bicyclic) bond motifs is 1. The maximum absolute atomic E-state index is 5.76. The first kappa shape index (κ1) is 15.7. The number of hydrogen-bond donors (Lipinski definition) is 1. The third-order valence-electron chi connectivity index (χ3n) is 4.87. The minimum absolute atomic E-state index is 0.270. The minimum Gasteiger partial charge on any atom is -0.480 e. The van der Waals surface area contributed by atoms with Crippen LogP contribution in [-0.2, 0) is 17.6 Å². The van der Waals surface area contributed by atoms with Crippen LogP contribution >= 0.6 is 0 Å². The Morgan fingerprint density at radius 1 is 1.20 bits per heavy atom. The first-order valence-corrected chi connectivity index (χ1v) is 8.18. The van der Waals surface area contributed by atoms with Crippen LogP contribution in [0.3, 0.4) is 0 Å². The number of amidine groups is 1. The van der Waals surface area contributed by atoms with Crippen molar-refractivity contribution in [1.29, 1.82) is 0 Å². The van der Waals surface area contributed by atoms with Crippen LogP contribution in [0.1, 0.15) is 17.5 Å². The molecule has 1 aromatic heterocycles. The predicted molar refractivity (Wildman–Crippen MR) is 92.9 cm³/mol. The molecule has 4 rings (SSSR count). The van der Waals surface area contributed by atoms with Gasteiger partial charge in [-0.15, -0.1) is 0 Å². The summed E-state index contributed by atoms with van der Waals surface area (Å²) in [6.07, 6.45) is 4.38. The van der Waals surface area contributed by atoms with E-state index in [9.17, 15) is 0 Å². The number of nitrogens with zero attached hydrogens (tertiary/aromatic N) is 3. The topological polar surface area (TPSA) is 91.9 Å². The summed E-state index contributed by atoms with van der Waals surface area (Å²) >= 11 is 0. The van der Waals surface area contributed by atoms with Crippen LogP contribution in [0.25, 0.3) is 11.1 Å². The van der Waals surface area contributed by atoms with Gasteiger partial charge >= 0.3 is 6.01 Å². The molecule has 1 unspecified atom stereocenters. The van der Waals surface area contributed by atoms with Crippen LogP contribution in [0.15, 0.2) is 29.4 Å². The van der Waals surface area contributed by atoms with Gasteiger partial charge in [0.25, 0.3) is 6.02 Å². The van der Waals surface area contributed by atoms with Gasteiger partial charge < -0.3 is 19.9 Å². The molecule has 1 aliphatic carbocycles. The van der Waals surface area contributed by atoms with Crippen molar-refractivity contribution in [2.24, 2.45) is 10.7 Å². The smallest absolute Gasteiger partial charge is 0.319 e. The third-order valence-corrected chi connectivity index (χ3v) is 4.87. The van der Waals surface area contributed by atoms with Crippen LogP contribution in [0.2, 0.25) is 0 Å². The summed E-state index contributed by atoms with van der Waals surface area (Å²) in [5, 5.41) is 0. The zero-order chi connectivity index (χ0) is 17.4. The summed E-state index contributed by atoms with van der Waals surface area (Å²) in [6, 6.07) is 6.84. The van der Waals surface area contributed by atoms with Crippen LogP contribution in [0, 0.1) is 0 Å². The Morgan fingerprint density at radius 3 is 2.80 bits per heavy atom. The number of aromatic nitrogens is 2. The minimum atomic E-state index is -0.270. The molecule has 1 atom stereocenters. The van der Waals surface area contributed by atoms with Crippen molar-refractivity contribution < 1.29 is 14.2 Å². The average Bonchev–Trinajstić information content (AvgIpc) is 3.00. The second kappa shape index (κ2) is 5.91. The van der Waals surface area contributed by atoms with E-state index < -0.39 is 0 Å². The van der Waals surface area contributed by atoms with E-state index in [0.29, 0.717) is 12.5 Å². The number of ether oxygens (including phenoxy) is 3. The Hall–Kier alpha value is -2.83. The molecule has 2 aliphatic rings. The number of rotatable bonds is 3. The molecular weight excluding hydrogens is 320 g/mol. The van der Waals surface area contributed by atoms with E-state index in [-0.39, 0.29) is 17.6 Å². The molecule has 0 radical (unpaired) electrons. The zero-order valence-electron chi connectivity index (χ0n) is 14.3. The van der Waals surface area contributed by atoms with E-state index in [1.807, 2.05) is 0 Å². The Labute approximate surface area is 145 Å². The first-order chi connectivity index (χ1) is 12.1. The lowest BCUT2D eigenvalue weighted by atomic mass is 9.76. The molecule has 2 N–H and O–H groups in total. The van der Waals surface area contributed by atoms with Gasteiger partial charge in [0.05, 0.1) is 19.8 Å². The average molecular weight is 340 g/mol. The van der Waals surface area contributed by atoms with Gasteiger partial charge in [-0.05, 0) is 29.5 Å². The lowest BCUT2D eigenvalue weighted by Crippen LogP contribution is -2.35. The van der Waals surface area contributed by atoms with E-state index in [1.54, 1.807) is 13.3 Å². The highest BCUT2D eigenvalue weighted by Gasteiger charge is 2.40. The van der Waals surface area contributed by atoms with Gasteiger partial charge in [-0.2, -0.15) is 4.98 Å². The quantitative estimate of drug-likeness (QED) is 0.915. The van der Waals surface area contributed by atoms with Crippen molar-refractivity contribution >= 4 is 6.02 Å². The monoisotopic (exact) mass is 340 g/mol. The Bertz CT molecular complexity index is 852. The van der Waals surface area contributed by atoms with Crippen molar-refractivity contribution in [1.82, 2.24) is 9.97 Å². The van der Waals surface area contributed by atoms with Crippen LogP contribution in [0.4, 0.5) is 0 Å². The highest BCUT2D eigenvalue weighted by Crippen LogP contribution is 2.40. The molecule has 0 amide bonds. The number of methoxy groups -OCH3 is 2. The lowest BCUT2D eigenvalue weighted by Gasteiger charge is -2.31. The van der Waals surface area contributed by atoms with Gasteiger partial charge in [0.15, 0.2) is 0 Å². The van der Waals surface area contributed by atoms with Gasteiger partial charge in [0, 0.05) is 12.6 Å². The first-order valence-electron chi connectivity index (χ1n) is 8.18. The predicted octanol–water partition coefficient (Wildman–Crippen LogP) is 1.73. The highest BCUT2D eigenvalue weighted by molar-refractivity contribution is 5.75. The van der Waals surface area contributed by atoms with Crippen molar-refractivity contribution in [3.8, 4) is 23.0 Å². The van der Waals surface area contributed by atoms with Gasteiger partial charge in [-0.25, -0.2) is 9.98 Å². The number of aryl methyl sites for hydroxylation is 1. The van der Waals surface area contributed by atoms with E-state index in [1.165, 1.54) is 18.2 Å².